The van der Waals surface area contributed by atoms with Crippen molar-refractivity contribution in [1.82, 2.24) is 10.6 Å². The van der Waals surface area contributed by atoms with Crippen LogP contribution in [0.3, 0.4) is 0 Å². The quantitative estimate of drug-likeness (QED) is 0.367. The van der Waals surface area contributed by atoms with Gasteiger partial charge in [-0.1, -0.05) is 13.8 Å². The molecule has 0 aromatic carbocycles. The van der Waals surface area contributed by atoms with Gasteiger partial charge < -0.3 is 21.5 Å². The van der Waals surface area contributed by atoms with Gasteiger partial charge in [0.15, 0.2) is 0 Å². The van der Waals surface area contributed by atoms with Crippen LogP contribution in [0.4, 0.5) is 0 Å². The molecule has 0 heterocycles. The highest BCUT2D eigenvalue weighted by atomic mass is 32.2. The van der Waals surface area contributed by atoms with Gasteiger partial charge in [-0.25, -0.2) is 4.79 Å². The Morgan fingerprint density at radius 3 is 1.88 bits per heavy atom. The summed E-state index contributed by atoms with van der Waals surface area (Å²) in [6.07, 6.45) is 5.05. The number of hydrogen-bond acceptors (Lipinski definition) is 6. The Morgan fingerprint density at radius 1 is 0.960 bits per heavy atom. The molecule has 0 fully saturated rings. The van der Waals surface area contributed by atoms with Gasteiger partial charge in [-0.3, -0.25) is 9.59 Å². The summed E-state index contributed by atoms with van der Waals surface area (Å²) in [6.45, 7) is 3.93. The fraction of sp³-hybridized carbons (Fsp3) is 0.812. The zero-order chi connectivity index (χ0) is 19.4. The molecule has 5 N–H and O–H groups in total. The lowest BCUT2D eigenvalue weighted by atomic mass is 10.0. The van der Waals surface area contributed by atoms with Crippen molar-refractivity contribution in [2.75, 3.05) is 24.0 Å². The first-order valence-corrected chi connectivity index (χ1v) is 11.1. The van der Waals surface area contributed by atoms with E-state index in [0.717, 1.165) is 0 Å². The smallest absolute Gasteiger partial charge is 0.326 e. The van der Waals surface area contributed by atoms with Gasteiger partial charge in [-0.15, -0.1) is 0 Å². The van der Waals surface area contributed by atoms with Crippen molar-refractivity contribution in [1.29, 1.82) is 0 Å². The lowest BCUT2D eigenvalue weighted by Crippen LogP contribution is -2.54. The SMILES string of the molecule is CSCCC(NC(=O)C(CCSC)NC(=O)C(N)CC(C)C)C(=O)O. The molecule has 0 aliphatic carbocycles. The molecule has 2 amide bonds. The molecular weight excluding hydrogens is 362 g/mol. The maximum absolute atomic E-state index is 12.5. The number of thioether (sulfide) groups is 2. The lowest BCUT2D eigenvalue weighted by Gasteiger charge is -2.23. The summed E-state index contributed by atoms with van der Waals surface area (Å²) in [5.74, 6) is -0.381. The normalized spacial score (nSPS) is 14.6. The third kappa shape index (κ3) is 10.6. The Bertz CT molecular complexity index is 436. The number of aliphatic carboxylic acids is 1. The average molecular weight is 394 g/mol. The van der Waals surface area contributed by atoms with Crippen molar-refractivity contribution in [2.45, 2.75) is 51.2 Å². The number of hydrogen-bond donors (Lipinski definition) is 4. The Hall–Kier alpha value is -0.930. The minimum absolute atomic E-state index is 0.266. The molecule has 0 aromatic heterocycles. The molecule has 7 nitrogen and oxygen atoms in total. The molecule has 25 heavy (non-hydrogen) atoms. The molecule has 0 rings (SSSR count). The molecule has 0 aliphatic heterocycles. The fourth-order valence-electron chi connectivity index (χ4n) is 2.16. The molecule has 3 atom stereocenters. The van der Waals surface area contributed by atoms with Crippen LogP contribution in [0.25, 0.3) is 0 Å². The van der Waals surface area contributed by atoms with Crippen molar-refractivity contribution < 1.29 is 19.5 Å². The third-order valence-electron chi connectivity index (χ3n) is 3.53. The molecule has 0 spiro atoms. The van der Waals surface area contributed by atoms with Crippen LogP contribution >= 0.6 is 23.5 Å². The summed E-state index contributed by atoms with van der Waals surface area (Å²) >= 11 is 3.06. The lowest BCUT2D eigenvalue weighted by molar-refractivity contribution is -0.142. The van der Waals surface area contributed by atoms with Gasteiger partial charge in [0.1, 0.15) is 12.1 Å². The second-order valence-electron chi connectivity index (χ2n) is 6.26. The van der Waals surface area contributed by atoms with Gasteiger partial charge in [0.05, 0.1) is 6.04 Å². The molecule has 0 bridgehead atoms. The number of carboxylic acids is 1. The van der Waals surface area contributed by atoms with E-state index in [-0.39, 0.29) is 11.8 Å². The van der Waals surface area contributed by atoms with Gasteiger partial charge >= 0.3 is 5.97 Å². The highest BCUT2D eigenvalue weighted by Crippen LogP contribution is 2.07. The number of carbonyl (C=O) groups excluding carboxylic acids is 2. The van der Waals surface area contributed by atoms with E-state index in [1.807, 2.05) is 26.4 Å². The summed E-state index contributed by atoms with van der Waals surface area (Å²) in [4.78, 5) is 36.0. The standard InChI is InChI=1S/C16H31N3O4S2/c1-10(2)9-11(17)14(20)18-12(5-7-24-3)15(21)19-13(16(22)23)6-8-25-4/h10-13H,5-9,17H2,1-4H3,(H,18,20)(H,19,21)(H,22,23). The van der Waals surface area contributed by atoms with E-state index >= 15 is 0 Å². The third-order valence-corrected chi connectivity index (χ3v) is 4.82. The zero-order valence-corrected chi connectivity index (χ0v) is 17.0. The summed E-state index contributed by atoms with van der Waals surface area (Å²) in [5, 5.41) is 14.4. The van der Waals surface area contributed by atoms with Gasteiger partial charge in [-0.2, -0.15) is 23.5 Å². The predicted molar refractivity (Wildman–Crippen MR) is 105 cm³/mol. The number of amides is 2. The number of nitrogens with two attached hydrogens (primary N) is 1. The van der Waals surface area contributed by atoms with Gasteiger partial charge in [0.2, 0.25) is 11.8 Å². The van der Waals surface area contributed by atoms with Crippen LogP contribution in [-0.2, 0) is 14.4 Å². The Kier molecular flexibility index (Phi) is 12.8. The van der Waals surface area contributed by atoms with E-state index in [2.05, 4.69) is 10.6 Å². The largest absolute Gasteiger partial charge is 0.480 e. The first-order chi connectivity index (χ1) is 11.7. The minimum Gasteiger partial charge on any atom is -0.480 e. The maximum Gasteiger partial charge on any atom is 0.326 e. The number of rotatable bonds is 13. The van der Waals surface area contributed by atoms with Crippen LogP contribution < -0.4 is 16.4 Å². The van der Waals surface area contributed by atoms with Crippen LogP contribution in [-0.4, -0.2) is 65.0 Å². The molecule has 146 valence electrons. The molecule has 0 aromatic rings. The summed E-state index contributed by atoms with van der Waals surface area (Å²) in [5.41, 5.74) is 5.86. The van der Waals surface area contributed by atoms with E-state index in [9.17, 15) is 19.5 Å². The minimum atomic E-state index is -1.08. The van der Waals surface area contributed by atoms with E-state index in [1.54, 1.807) is 11.8 Å². The van der Waals surface area contributed by atoms with Crippen LogP contribution in [0.1, 0.15) is 33.1 Å². The van der Waals surface area contributed by atoms with E-state index in [0.29, 0.717) is 30.8 Å². The van der Waals surface area contributed by atoms with Crippen molar-refractivity contribution in [3.8, 4) is 0 Å². The first-order valence-electron chi connectivity index (χ1n) is 8.29. The molecular formula is C16H31N3O4S2. The van der Waals surface area contributed by atoms with Gasteiger partial charge in [-0.05, 0) is 49.2 Å². The molecule has 0 radical (unpaired) electrons. The molecule has 3 unspecified atom stereocenters. The van der Waals surface area contributed by atoms with Crippen LogP contribution in [0.5, 0.6) is 0 Å². The van der Waals surface area contributed by atoms with Crippen LogP contribution in [0, 0.1) is 5.92 Å². The predicted octanol–water partition coefficient (Wildman–Crippen LogP) is 0.920. The van der Waals surface area contributed by atoms with E-state index in [1.165, 1.54) is 11.8 Å². The topological polar surface area (TPSA) is 122 Å². The van der Waals surface area contributed by atoms with Gasteiger partial charge in [0.25, 0.3) is 0 Å². The summed E-state index contributed by atoms with van der Waals surface area (Å²) in [6, 6.07) is -2.43. The van der Waals surface area contributed by atoms with Crippen molar-refractivity contribution >= 4 is 41.3 Å². The second kappa shape index (κ2) is 13.3. The molecule has 0 saturated carbocycles. The van der Waals surface area contributed by atoms with Crippen LogP contribution in [0.2, 0.25) is 0 Å². The monoisotopic (exact) mass is 393 g/mol. The Labute approximate surface area is 158 Å². The maximum atomic E-state index is 12.5. The fourth-order valence-corrected chi connectivity index (χ4v) is 3.11. The highest BCUT2D eigenvalue weighted by molar-refractivity contribution is 7.98. The Morgan fingerprint density at radius 2 is 1.44 bits per heavy atom. The van der Waals surface area contributed by atoms with Crippen molar-refractivity contribution in [2.24, 2.45) is 11.7 Å². The second-order valence-corrected chi connectivity index (χ2v) is 8.23. The van der Waals surface area contributed by atoms with Crippen molar-refractivity contribution in [3.05, 3.63) is 0 Å². The molecule has 9 heteroatoms. The van der Waals surface area contributed by atoms with Crippen LogP contribution in [0.15, 0.2) is 0 Å². The average Bonchev–Trinajstić information content (AvgIpc) is 2.53. The first kappa shape index (κ1) is 24.1. The molecule has 0 aliphatic rings. The molecule has 0 saturated heterocycles. The summed E-state index contributed by atoms with van der Waals surface area (Å²) in [7, 11) is 0. The number of carboxylic acid groups (broad SMARTS) is 1. The summed E-state index contributed by atoms with van der Waals surface area (Å²) < 4.78 is 0. The van der Waals surface area contributed by atoms with Crippen molar-refractivity contribution in [3.63, 3.8) is 0 Å². The van der Waals surface area contributed by atoms with E-state index < -0.39 is 30.0 Å². The highest BCUT2D eigenvalue weighted by Gasteiger charge is 2.27. The number of carbonyl (C=O) groups is 3. The Balaban J connectivity index is 4.89. The van der Waals surface area contributed by atoms with E-state index in [4.69, 9.17) is 5.73 Å². The number of nitrogens with one attached hydrogen (secondary N) is 2. The van der Waals surface area contributed by atoms with Gasteiger partial charge in [0, 0.05) is 0 Å². The zero-order valence-electron chi connectivity index (χ0n) is 15.4.